The molecule has 0 saturated carbocycles. The molecular formula is C21H21N4+. The zero-order chi connectivity index (χ0) is 17.2. The van der Waals surface area contributed by atoms with Crippen molar-refractivity contribution in [3.63, 3.8) is 0 Å². The molecule has 1 aliphatic rings. The van der Waals surface area contributed by atoms with Gasteiger partial charge in [-0.1, -0.05) is 24.3 Å². The summed E-state index contributed by atoms with van der Waals surface area (Å²) in [5.41, 5.74) is 13.2. The van der Waals surface area contributed by atoms with E-state index in [0.717, 1.165) is 52.5 Å². The second-order valence-electron chi connectivity index (χ2n) is 6.11. The minimum absolute atomic E-state index is 0.740. The summed E-state index contributed by atoms with van der Waals surface area (Å²) >= 11 is 0. The van der Waals surface area contributed by atoms with Gasteiger partial charge in [0, 0.05) is 48.6 Å². The fraction of sp³-hybridized carbons (Fsp3) is 0.143. The first-order valence-electron chi connectivity index (χ1n) is 8.58. The largest absolute Gasteiger partial charge is 0.402 e. The number of benzene rings is 2. The Morgan fingerprint density at radius 1 is 1.16 bits per heavy atom. The van der Waals surface area contributed by atoms with Crippen LogP contribution in [0.3, 0.4) is 0 Å². The molecular weight excluding hydrogens is 308 g/mol. The number of hydrogen-bond acceptors (Lipinski definition) is 3. The Bertz CT molecular complexity index is 988. The second kappa shape index (κ2) is 6.40. The zero-order valence-electron chi connectivity index (χ0n) is 14.2. The lowest BCUT2D eigenvalue weighted by Crippen LogP contribution is -2.37. The van der Waals surface area contributed by atoms with Crippen molar-refractivity contribution in [3.05, 3.63) is 71.7 Å². The van der Waals surface area contributed by atoms with Crippen molar-refractivity contribution in [2.24, 2.45) is 5.73 Å². The Labute approximate surface area is 147 Å². The van der Waals surface area contributed by atoms with Crippen LogP contribution in [-0.2, 0) is 0 Å². The zero-order valence-corrected chi connectivity index (χ0v) is 14.2. The first kappa shape index (κ1) is 15.4. The summed E-state index contributed by atoms with van der Waals surface area (Å²) in [7, 11) is 0. The molecule has 0 saturated heterocycles. The Morgan fingerprint density at radius 2 is 2.00 bits per heavy atom. The van der Waals surface area contributed by atoms with E-state index < -0.39 is 0 Å². The molecule has 4 rings (SSSR count). The SMILES string of the molecule is CCNc1ccc2nc3c([n+](-c4ccccc4)c2c1)C=C(N)CC=C3. The Balaban J connectivity index is 2.10. The molecule has 0 atom stereocenters. The van der Waals surface area contributed by atoms with Crippen molar-refractivity contribution in [1.82, 2.24) is 4.98 Å². The highest BCUT2D eigenvalue weighted by Crippen LogP contribution is 2.22. The van der Waals surface area contributed by atoms with Crippen molar-refractivity contribution >= 4 is 28.9 Å². The van der Waals surface area contributed by atoms with Gasteiger partial charge in [-0.15, -0.1) is 4.57 Å². The molecule has 4 heteroatoms. The van der Waals surface area contributed by atoms with Gasteiger partial charge in [-0.25, -0.2) is 4.98 Å². The van der Waals surface area contributed by atoms with Crippen LogP contribution < -0.4 is 15.6 Å². The predicted octanol–water partition coefficient (Wildman–Crippen LogP) is 3.66. The molecule has 1 aliphatic carbocycles. The van der Waals surface area contributed by atoms with Gasteiger partial charge < -0.3 is 11.1 Å². The maximum Gasteiger partial charge on any atom is 0.239 e. The standard InChI is InChI=1S/C21H20N4/c1-2-23-16-11-12-19-21(14-16)25(17-8-4-3-5-9-17)20-13-15(22)7-6-10-18(20)24-19/h3-6,8-14H,2,7H2,1H3,(H2,22,23)/p+1. The number of aromatic nitrogens is 2. The van der Waals surface area contributed by atoms with E-state index in [1.165, 1.54) is 0 Å². The van der Waals surface area contributed by atoms with E-state index in [1.807, 2.05) is 12.1 Å². The van der Waals surface area contributed by atoms with Crippen LogP contribution in [0.15, 0.2) is 60.3 Å². The van der Waals surface area contributed by atoms with Crippen LogP contribution in [0.25, 0.3) is 28.9 Å². The van der Waals surface area contributed by atoms with Crippen LogP contribution in [0.2, 0.25) is 0 Å². The average molecular weight is 329 g/mol. The Morgan fingerprint density at radius 3 is 2.80 bits per heavy atom. The van der Waals surface area contributed by atoms with Crippen molar-refractivity contribution in [3.8, 4) is 5.69 Å². The number of fused-ring (bicyclic) bond motifs is 2. The monoisotopic (exact) mass is 329 g/mol. The molecule has 1 heterocycles. The van der Waals surface area contributed by atoms with Crippen LogP contribution >= 0.6 is 0 Å². The quantitative estimate of drug-likeness (QED) is 0.721. The van der Waals surface area contributed by atoms with E-state index in [-0.39, 0.29) is 0 Å². The molecule has 3 N–H and O–H groups in total. The van der Waals surface area contributed by atoms with Crippen LogP contribution in [0, 0.1) is 0 Å². The van der Waals surface area contributed by atoms with Crippen molar-refractivity contribution in [2.45, 2.75) is 13.3 Å². The number of anilines is 1. The third-order valence-electron chi connectivity index (χ3n) is 4.31. The minimum atomic E-state index is 0.740. The molecule has 0 bridgehead atoms. The number of nitrogens with zero attached hydrogens (tertiary/aromatic N) is 2. The Kier molecular flexibility index (Phi) is 3.94. The third kappa shape index (κ3) is 2.87. The van der Waals surface area contributed by atoms with E-state index in [4.69, 9.17) is 10.7 Å². The van der Waals surface area contributed by atoms with Crippen molar-refractivity contribution < 1.29 is 4.57 Å². The van der Waals surface area contributed by atoms with E-state index in [9.17, 15) is 0 Å². The first-order chi connectivity index (χ1) is 12.3. The Hall–Kier alpha value is -3.14. The van der Waals surface area contributed by atoms with Crippen LogP contribution in [0.4, 0.5) is 5.69 Å². The molecule has 1 aromatic heterocycles. The highest BCUT2D eigenvalue weighted by atomic mass is 15.0. The predicted molar refractivity (Wildman–Crippen MR) is 103 cm³/mol. The van der Waals surface area contributed by atoms with Gasteiger partial charge in [0.05, 0.1) is 0 Å². The van der Waals surface area contributed by atoms with Gasteiger partial charge in [-0.3, -0.25) is 0 Å². The van der Waals surface area contributed by atoms with Crippen LogP contribution in [0.1, 0.15) is 24.7 Å². The molecule has 0 fully saturated rings. The topological polar surface area (TPSA) is 54.8 Å². The maximum atomic E-state index is 6.17. The van der Waals surface area contributed by atoms with Gasteiger partial charge >= 0.3 is 0 Å². The molecule has 0 aliphatic heterocycles. The second-order valence-corrected chi connectivity index (χ2v) is 6.11. The molecule has 4 nitrogen and oxygen atoms in total. The average Bonchev–Trinajstić information content (AvgIpc) is 2.81. The number of allylic oxidation sites excluding steroid dienone is 1. The number of rotatable bonds is 3. The lowest BCUT2D eigenvalue weighted by atomic mass is 10.1. The van der Waals surface area contributed by atoms with Crippen LogP contribution in [-0.4, -0.2) is 11.5 Å². The number of nitrogens with two attached hydrogens (primary N) is 1. The highest BCUT2D eigenvalue weighted by molar-refractivity contribution is 5.79. The molecule has 2 aromatic carbocycles. The molecule has 0 spiro atoms. The van der Waals surface area contributed by atoms with Crippen molar-refractivity contribution in [2.75, 3.05) is 11.9 Å². The van der Waals surface area contributed by atoms with Gasteiger partial charge in [-0.05, 0) is 25.1 Å². The van der Waals surface area contributed by atoms with Gasteiger partial charge in [0.15, 0.2) is 0 Å². The van der Waals surface area contributed by atoms with E-state index in [0.29, 0.717) is 0 Å². The molecule has 25 heavy (non-hydrogen) atoms. The normalized spacial score (nSPS) is 13.2. The fourth-order valence-electron chi connectivity index (χ4n) is 3.20. The lowest BCUT2D eigenvalue weighted by Gasteiger charge is -2.09. The summed E-state index contributed by atoms with van der Waals surface area (Å²) in [6.45, 7) is 2.98. The maximum absolute atomic E-state index is 6.17. The van der Waals surface area contributed by atoms with Gasteiger partial charge in [0.1, 0.15) is 11.2 Å². The smallest absolute Gasteiger partial charge is 0.239 e. The first-order valence-corrected chi connectivity index (χ1v) is 8.58. The van der Waals surface area contributed by atoms with Crippen molar-refractivity contribution in [1.29, 1.82) is 0 Å². The molecule has 3 aromatic rings. The molecule has 0 radical (unpaired) electrons. The molecule has 0 amide bonds. The summed E-state index contributed by atoms with van der Waals surface area (Å²) < 4.78 is 2.24. The van der Waals surface area contributed by atoms with E-state index >= 15 is 0 Å². The minimum Gasteiger partial charge on any atom is -0.402 e. The van der Waals surface area contributed by atoms with E-state index in [1.54, 1.807) is 0 Å². The number of para-hydroxylation sites is 1. The molecule has 124 valence electrons. The summed E-state index contributed by atoms with van der Waals surface area (Å²) in [6.07, 6.45) is 6.90. The van der Waals surface area contributed by atoms with E-state index in [2.05, 4.69) is 71.4 Å². The summed E-state index contributed by atoms with van der Waals surface area (Å²) in [5, 5.41) is 3.38. The van der Waals surface area contributed by atoms with Gasteiger partial charge in [0.2, 0.25) is 16.9 Å². The summed E-state index contributed by atoms with van der Waals surface area (Å²) in [4.78, 5) is 4.86. The summed E-state index contributed by atoms with van der Waals surface area (Å²) in [6, 6.07) is 16.6. The van der Waals surface area contributed by atoms with Gasteiger partial charge in [-0.2, -0.15) is 0 Å². The number of hydrogen-bond donors (Lipinski definition) is 2. The fourth-order valence-corrected chi connectivity index (χ4v) is 3.20. The van der Waals surface area contributed by atoms with Gasteiger partial charge in [0.25, 0.3) is 0 Å². The molecule has 0 unspecified atom stereocenters. The number of nitrogens with one attached hydrogen (secondary N) is 1. The summed E-state index contributed by atoms with van der Waals surface area (Å²) in [5.74, 6) is 0. The third-order valence-corrected chi connectivity index (χ3v) is 4.31. The lowest BCUT2D eigenvalue weighted by molar-refractivity contribution is -0.569. The highest BCUT2D eigenvalue weighted by Gasteiger charge is 2.23. The van der Waals surface area contributed by atoms with Crippen LogP contribution in [0.5, 0.6) is 0 Å².